The molecule has 5 rings (SSSR count). The molecule has 3 aromatic carbocycles. The predicted molar refractivity (Wildman–Crippen MR) is 171 cm³/mol. The number of rotatable bonds is 6. The van der Waals surface area contributed by atoms with Gasteiger partial charge in [0.2, 0.25) is 0 Å². The third-order valence-corrected chi connectivity index (χ3v) is 7.46. The van der Waals surface area contributed by atoms with Gasteiger partial charge in [0.25, 0.3) is 0 Å². The minimum atomic E-state index is 0.0759. The summed E-state index contributed by atoms with van der Waals surface area (Å²) in [6.45, 7) is 15.5. The highest BCUT2D eigenvalue weighted by Crippen LogP contribution is 2.30. The normalized spacial score (nSPS) is 12.0. The van der Waals surface area contributed by atoms with Crippen LogP contribution in [0.25, 0.3) is 45.4 Å². The molecule has 0 atom stereocenters. The topological polar surface area (TPSA) is 51.6 Å². The second-order valence-electron chi connectivity index (χ2n) is 12.8. The second-order valence-corrected chi connectivity index (χ2v) is 12.8. The van der Waals surface area contributed by atoms with Crippen LogP contribution in [0.15, 0.2) is 91.1 Å². The van der Waals surface area contributed by atoms with Crippen molar-refractivity contribution in [3.05, 3.63) is 108 Å². The lowest BCUT2D eigenvalue weighted by molar-refractivity contribution is 0.590. The lowest BCUT2D eigenvalue weighted by Gasteiger charge is -2.19. The lowest BCUT2D eigenvalue weighted by atomic mass is 9.86. The van der Waals surface area contributed by atoms with Gasteiger partial charge >= 0.3 is 0 Å². The molecule has 4 nitrogen and oxygen atoms in total. The highest BCUT2D eigenvalue weighted by Gasteiger charge is 2.17. The maximum Gasteiger partial charge on any atom is 0.165 e. The van der Waals surface area contributed by atoms with Crippen LogP contribution < -0.4 is 0 Å². The van der Waals surface area contributed by atoms with Crippen molar-refractivity contribution in [3.8, 4) is 45.4 Å². The van der Waals surface area contributed by atoms with Gasteiger partial charge in [0.05, 0.1) is 5.69 Å². The summed E-state index contributed by atoms with van der Waals surface area (Å²) in [7, 11) is 0. The van der Waals surface area contributed by atoms with E-state index in [0.717, 1.165) is 40.8 Å². The average molecular weight is 541 g/mol. The highest BCUT2D eigenvalue weighted by atomic mass is 15.0. The van der Waals surface area contributed by atoms with Crippen LogP contribution in [0.2, 0.25) is 0 Å². The average Bonchev–Trinajstić information content (AvgIpc) is 2.97. The molecular weight excluding hydrogens is 500 g/mol. The minimum Gasteiger partial charge on any atom is -0.255 e. The molecule has 0 N–H and O–H groups in total. The Bertz CT molecular complexity index is 1530. The van der Waals surface area contributed by atoms with Crippen molar-refractivity contribution < 1.29 is 0 Å². The van der Waals surface area contributed by atoms with Gasteiger partial charge in [-0.05, 0) is 46.1 Å². The van der Waals surface area contributed by atoms with E-state index in [2.05, 4.69) is 127 Å². The van der Waals surface area contributed by atoms with Gasteiger partial charge in [-0.15, -0.1) is 0 Å². The molecular formula is C37H40N4. The Hall–Kier alpha value is -4.18. The van der Waals surface area contributed by atoms with Crippen LogP contribution in [-0.2, 0) is 17.3 Å². The first-order valence-corrected chi connectivity index (χ1v) is 14.5. The molecule has 4 heteroatoms. The van der Waals surface area contributed by atoms with Crippen LogP contribution in [0.3, 0.4) is 0 Å². The van der Waals surface area contributed by atoms with Crippen LogP contribution in [-0.4, -0.2) is 19.9 Å². The molecule has 0 spiro atoms. The van der Waals surface area contributed by atoms with Gasteiger partial charge < -0.3 is 0 Å². The summed E-state index contributed by atoms with van der Waals surface area (Å²) in [5.74, 6) is 1.92. The van der Waals surface area contributed by atoms with E-state index in [1.54, 1.807) is 0 Å². The molecule has 0 saturated heterocycles. The molecule has 2 aromatic heterocycles. The highest BCUT2D eigenvalue weighted by molar-refractivity contribution is 5.68. The van der Waals surface area contributed by atoms with Crippen LogP contribution in [0, 0.1) is 0 Å². The maximum absolute atomic E-state index is 4.93. The van der Waals surface area contributed by atoms with Crippen molar-refractivity contribution in [1.29, 1.82) is 0 Å². The Labute approximate surface area is 245 Å². The van der Waals surface area contributed by atoms with E-state index in [9.17, 15) is 0 Å². The molecule has 41 heavy (non-hydrogen) atoms. The summed E-state index contributed by atoms with van der Waals surface area (Å²) in [6, 6.07) is 29.9. The van der Waals surface area contributed by atoms with Crippen molar-refractivity contribution in [2.24, 2.45) is 0 Å². The molecule has 0 fully saturated rings. The zero-order valence-corrected chi connectivity index (χ0v) is 25.4. The molecule has 0 bridgehead atoms. The second kappa shape index (κ2) is 11.4. The first-order valence-electron chi connectivity index (χ1n) is 14.5. The molecule has 2 heterocycles. The van der Waals surface area contributed by atoms with Gasteiger partial charge in [-0.25, -0.2) is 15.0 Å². The summed E-state index contributed by atoms with van der Waals surface area (Å²) in [5.41, 5.74) is 8.87. The fourth-order valence-electron chi connectivity index (χ4n) is 4.83. The number of aryl methyl sites for hydroxylation is 1. The number of aromatic nitrogens is 4. The fourth-order valence-corrected chi connectivity index (χ4v) is 4.83. The van der Waals surface area contributed by atoms with E-state index in [1.165, 1.54) is 16.7 Å². The molecule has 0 amide bonds. The number of hydrogen-bond acceptors (Lipinski definition) is 4. The van der Waals surface area contributed by atoms with Crippen molar-refractivity contribution >= 4 is 0 Å². The maximum atomic E-state index is 4.93. The lowest BCUT2D eigenvalue weighted by Crippen LogP contribution is -2.10. The van der Waals surface area contributed by atoms with Crippen LogP contribution in [0.4, 0.5) is 0 Å². The Morgan fingerprint density at radius 2 is 0.902 bits per heavy atom. The van der Waals surface area contributed by atoms with E-state index in [1.807, 2.05) is 12.3 Å². The summed E-state index contributed by atoms with van der Waals surface area (Å²) < 4.78 is 0. The summed E-state index contributed by atoms with van der Waals surface area (Å²) >= 11 is 0. The predicted octanol–water partition coefficient (Wildman–Crippen LogP) is 9.48. The van der Waals surface area contributed by atoms with Crippen molar-refractivity contribution in [2.45, 2.75) is 72.1 Å². The van der Waals surface area contributed by atoms with Gasteiger partial charge in [-0.1, -0.05) is 128 Å². The first kappa shape index (κ1) is 28.4. The van der Waals surface area contributed by atoms with Gasteiger partial charge in [0.15, 0.2) is 17.5 Å². The van der Waals surface area contributed by atoms with Crippen molar-refractivity contribution in [2.75, 3.05) is 0 Å². The van der Waals surface area contributed by atoms with Crippen LogP contribution in [0.5, 0.6) is 0 Å². The molecule has 0 aliphatic heterocycles. The van der Waals surface area contributed by atoms with E-state index >= 15 is 0 Å². The van der Waals surface area contributed by atoms with E-state index in [-0.39, 0.29) is 10.8 Å². The monoisotopic (exact) mass is 540 g/mol. The molecule has 0 saturated carbocycles. The van der Waals surface area contributed by atoms with E-state index < -0.39 is 0 Å². The van der Waals surface area contributed by atoms with E-state index in [4.69, 9.17) is 19.9 Å². The smallest absolute Gasteiger partial charge is 0.165 e. The quantitative estimate of drug-likeness (QED) is 0.215. The van der Waals surface area contributed by atoms with Gasteiger partial charge in [-0.3, -0.25) is 4.98 Å². The van der Waals surface area contributed by atoms with Gasteiger partial charge in [0.1, 0.15) is 0 Å². The Balaban J connectivity index is 1.54. The van der Waals surface area contributed by atoms with Crippen molar-refractivity contribution in [3.63, 3.8) is 0 Å². The Morgan fingerprint density at radius 3 is 1.29 bits per heavy atom. The summed E-state index contributed by atoms with van der Waals surface area (Å²) in [6.07, 6.45) is 4.10. The molecule has 0 unspecified atom stereocenters. The van der Waals surface area contributed by atoms with Crippen LogP contribution in [0.1, 0.15) is 71.6 Å². The fraction of sp³-hybridized carbons (Fsp3) is 0.297. The number of nitrogens with zero attached hydrogens (tertiary/aromatic N) is 4. The molecule has 208 valence electrons. The zero-order chi connectivity index (χ0) is 29.2. The number of pyridine rings is 1. The summed E-state index contributed by atoms with van der Waals surface area (Å²) in [4.78, 5) is 19.6. The third-order valence-electron chi connectivity index (χ3n) is 7.46. The number of benzene rings is 3. The summed E-state index contributed by atoms with van der Waals surface area (Å²) in [5, 5.41) is 0. The molecule has 0 aliphatic rings. The SMILES string of the molecule is CCCc1ccc(-c2ccc(-c3nc(-c4ccc(C(C)(C)C)cc4)nc(-c4ccc(C(C)(C)C)cc4)n3)cn2)cc1. The third kappa shape index (κ3) is 6.59. The van der Waals surface area contributed by atoms with Gasteiger partial charge in [-0.2, -0.15) is 0 Å². The van der Waals surface area contributed by atoms with Crippen molar-refractivity contribution in [1.82, 2.24) is 19.9 Å². The number of hydrogen-bond donors (Lipinski definition) is 0. The first-order chi connectivity index (χ1) is 19.5. The Kier molecular flexibility index (Phi) is 7.86. The standard InChI is InChI=1S/C37H40N4/c1-8-9-25-10-12-26(13-11-25)32-23-18-29(24-38-32)35-40-33(27-14-19-30(20-15-27)36(2,3)4)39-34(41-35)28-16-21-31(22-17-28)37(5,6)7/h10-24H,8-9H2,1-7H3. The molecule has 5 aromatic rings. The zero-order valence-electron chi connectivity index (χ0n) is 25.4. The largest absolute Gasteiger partial charge is 0.255 e. The minimum absolute atomic E-state index is 0.0759. The van der Waals surface area contributed by atoms with Gasteiger partial charge in [0, 0.05) is 28.5 Å². The molecule has 0 aliphatic carbocycles. The van der Waals surface area contributed by atoms with E-state index in [0.29, 0.717) is 17.5 Å². The Morgan fingerprint density at radius 1 is 0.488 bits per heavy atom. The van der Waals surface area contributed by atoms with Crippen LogP contribution >= 0.6 is 0 Å². The molecule has 0 radical (unpaired) electrons.